The van der Waals surface area contributed by atoms with E-state index in [0.717, 1.165) is 51.9 Å². The summed E-state index contributed by atoms with van der Waals surface area (Å²) in [5, 5.41) is 8.08. The van der Waals surface area contributed by atoms with Crippen LogP contribution >= 0.6 is 0 Å². The Kier molecular flexibility index (Phi) is 6.50. The van der Waals surface area contributed by atoms with Gasteiger partial charge in [-0.05, 0) is 38.0 Å². The van der Waals surface area contributed by atoms with Crippen molar-refractivity contribution >= 4 is 28.8 Å². The number of pyridine rings is 2. The molecule has 3 aromatic heterocycles. The van der Waals surface area contributed by atoms with Crippen molar-refractivity contribution in [1.82, 2.24) is 29.8 Å². The molecule has 10 heteroatoms. The number of nitrogens with one attached hydrogen (secondary N) is 1. The molecule has 0 unspecified atom stereocenters. The number of aromatic nitrogens is 4. The van der Waals surface area contributed by atoms with Crippen LogP contribution in [-0.4, -0.2) is 63.3 Å². The molecule has 4 heterocycles. The number of hydrogen-bond donors (Lipinski definition) is 1. The lowest BCUT2D eigenvalue weighted by Gasteiger charge is -2.36. The normalized spacial score (nSPS) is 17.2. The molecule has 3 aromatic rings. The lowest BCUT2D eigenvalue weighted by molar-refractivity contribution is 0.0523. The fraction of sp³-hybridized carbons (Fsp3) is 0.458. The van der Waals surface area contributed by atoms with Crippen LogP contribution in [0.15, 0.2) is 41.5 Å². The lowest BCUT2D eigenvalue weighted by atomic mass is 10.1. The zero-order valence-electron chi connectivity index (χ0n) is 19.3. The lowest BCUT2D eigenvalue weighted by Crippen LogP contribution is -2.51. The number of fused-ring (bicyclic) bond motifs is 1. The molecule has 0 aromatic carbocycles. The van der Waals surface area contributed by atoms with E-state index in [-0.39, 0.29) is 23.8 Å². The number of nitrogens with zero attached hydrogens (tertiary/aromatic N) is 6. The molecule has 2 fully saturated rings. The Morgan fingerprint density at radius 3 is 2.71 bits per heavy atom. The first-order valence-electron chi connectivity index (χ1n) is 11.9. The van der Waals surface area contributed by atoms with E-state index in [1.165, 1.54) is 0 Å². The van der Waals surface area contributed by atoms with Crippen molar-refractivity contribution in [3.63, 3.8) is 0 Å². The maximum absolute atomic E-state index is 13.5. The maximum atomic E-state index is 13.5. The summed E-state index contributed by atoms with van der Waals surface area (Å²) in [6.07, 6.45) is 7.27. The molecule has 1 saturated carbocycles. The second-order valence-electron chi connectivity index (χ2n) is 8.54. The van der Waals surface area contributed by atoms with Gasteiger partial charge < -0.3 is 10.1 Å². The monoisotopic (exact) mass is 463 g/mol. The SMILES string of the molecule is CCOC(=O)c1cc2cnc(N(c3ccccn3)N3CCNCC3)nc2n(C2CCCC2)c1=O. The van der Waals surface area contributed by atoms with E-state index in [4.69, 9.17) is 9.72 Å². The van der Waals surface area contributed by atoms with Gasteiger partial charge in [-0.1, -0.05) is 18.9 Å². The number of carbonyl (C=O) groups excluding carboxylic acids is 1. The van der Waals surface area contributed by atoms with E-state index in [2.05, 4.69) is 20.3 Å². The topological polar surface area (TPSA) is 105 Å². The quantitative estimate of drug-likeness (QED) is 0.552. The van der Waals surface area contributed by atoms with Crippen molar-refractivity contribution in [2.24, 2.45) is 0 Å². The first kappa shape index (κ1) is 22.4. The Morgan fingerprint density at radius 1 is 1.21 bits per heavy atom. The second kappa shape index (κ2) is 9.86. The molecular formula is C24H29N7O3. The van der Waals surface area contributed by atoms with Crippen LogP contribution in [0.4, 0.5) is 11.8 Å². The first-order valence-corrected chi connectivity index (χ1v) is 11.9. The smallest absolute Gasteiger partial charge is 0.343 e. The van der Waals surface area contributed by atoms with Crippen molar-refractivity contribution in [2.45, 2.75) is 38.6 Å². The van der Waals surface area contributed by atoms with Gasteiger partial charge >= 0.3 is 5.97 Å². The summed E-state index contributed by atoms with van der Waals surface area (Å²) in [6, 6.07) is 7.27. The highest BCUT2D eigenvalue weighted by Gasteiger charge is 2.28. The van der Waals surface area contributed by atoms with Crippen molar-refractivity contribution in [1.29, 1.82) is 0 Å². The predicted molar refractivity (Wildman–Crippen MR) is 128 cm³/mol. The third-order valence-corrected chi connectivity index (χ3v) is 6.38. The molecule has 178 valence electrons. The molecule has 2 aliphatic rings. The summed E-state index contributed by atoms with van der Waals surface area (Å²) in [5.41, 5.74) is 0.210. The molecule has 0 amide bonds. The van der Waals surface area contributed by atoms with Crippen molar-refractivity contribution in [3.8, 4) is 0 Å². The largest absolute Gasteiger partial charge is 0.462 e. The number of rotatable bonds is 6. The molecule has 1 aliphatic heterocycles. The molecule has 10 nitrogen and oxygen atoms in total. The highest BCUT2D eigenvalue weighted by Crippen LogP contribution is 2.32. The predicted octanol–water partition coefficient (Wildman–Crippen LogP) is 2.44. The Balaban J connectivity index is 1.68. The van der Waals surface area contributed by atoms with Crippen LogP contribution in [0.1, 0.15) is 49.0 Å². The number of ether oxygens (including phenoxy) is 1. The highest BCUT2D eigenvalue weighted by atomic mass is 16.5. The molecule has 0 atom stereocenters. The molecule has 5 rings (SSSR count). The number of hydrazine groups is 1. The maximum Gasteiger partial charge on any atom is 0.343 e. The van der Waals surface area contributed by atoms with Crippen LogP contribution in [-0.2, 0) is 4.74 Å². The van der Waals surface area contributed by atoms with Crippen LogP contribution in [0.2, 0.25) is 0 Å². The third kappa shape index (κ3) is 4.26. The highest BCUT2D eigenvalue weighted by molar-refractivity contribution is 5.93. The molecule has 1 N–H and O–H groups in total. The number of piperazine rings is 1. The zero-order valence-corrected chi connectivity index (χ0v) is 19.3. The van der Waals surface area contributed by atoms with E-state index < -0.39 is 5.97 Å². The number of anilines is 2. The Labute approximate surface area is 197 Å². The van der Waals surface area contributed by atoms with Crippen molar-refractivity contribution in [3.05, 3.63) is 52.6 Å². The average molecular weight is 464 g/mol. The van der Waals surface area contributed by atoms with Gasteiger partial charge in [0.1, 0.15) is 17.0 Å². The summed E-state index contributed by atoms with van der Waals surface area (Å²) < 4.78 is 6.84. The first-order chi connectivity index (χ1) is 16.7. The van der Waals surface area contributed by atoms with Gasteiger partial charge in [0.15, 0.2) is 0 Å². The summed E-state index contributed by atoms with van der Waals surface area (Å²) in [6.45, 7) is 5.16. The summed E-state index contributed by atoms with van der Waals surface area (Å²) in [7, 11) is 0. The second-order valence-corrected chi connectivity index (χ2v) is 8.54. The van der Waals surface area contributed by atoms with Gasteiger partial charge in [-0.3, -0.25) is 9.36 Å². The fourth-order valence-electron chi connectivity index (χ4n) is 4.78. The molecule has 34 heavy (non-hydrogen) atoms. The van der Waals surface area contributed by atoms with Crippen LogP contribution < -0.4 is 15.9 Å². The Bertz CT molecular complexity index is 1220. The van der Waals surface area contributed by atoms with Gasteiger partial charge in [-0.2, -0.15) is 4.98 Å². The number of hydrogen-bond acceptors (Lipinski definition) is 9. The van der Waals surface area contributed by atoms with E-state index in [9.17, 15) is 9.59 Å². The molecule has 0 spiro atoms. The summed E-state index contributed by atoms with van der Waals surface area (Å²) in [4.78, 5) is 40.1. The van der Waals surface area contributed by atoms with Gasteiger partial charge in [-0.25, -0.2) is 24.8 Å². The summed E-state index contributed by atoms with van der Waals surface area (Å²) >= 11 is 0. The third-order valence-electron chi connectivity index (χ3n) is 6.38. The number of carbonyl (C=O) groups is 1. The average Bonchev–Trinajstić information content (AvgIpc) is 3.40. The van der Waals surface area contributed by atoms with Crippen LogP contribution in [0.5, 0.6) is 0 Å². The van der Waals surface area contributed by atoms with Crippen LogP contribution in [0.25, 0.3) is 11.0 Å². The van der Waals surface area contributed by atoms with Crippen LogP contribution in [0.3, 0.4) is 0 Å². The molecular weight excluding hydrogens is 434 g/mol. The summed E-state index contributed by atoms with van der Waals surface area (Å²) in [5.74, 6) is 0.547. The van der Waals surface area contributed by atoms with E-state index in [1.807, 2.05) is 23.2 Å². The standard InChI is InChI=1S/C24H29N7O3/c1-2-34-23(33)19-15-17-16-27-24(28-21(17)30(22(19)32)18-7-3-4-8-18)31(20-9-5-6-10-26-20)29-13-11-25-12-14-29/h5-6,9-10,15-16,18,25H,2-4,7-8,11-14H2,1H3. The zero-order chi connectivity index (χ0) is 23.5. The van der Waals surface area contributed by atoms with Gasteiger partial charge in [0, 0.05) is 50.0 Å². The van der Waals surface area contributed by atoms with Gasteiger partial charge in [0.2, 0.25) is 5.95 Å². The van der Waals surface area contributed by atoms with E-state index >= 15 is 0 Å². The van der Waals surface area contributed by atoms with Gasteiger partial charge in [0.05, 0.1) is 6.61 Å². The molecule has 0 radical (unpaired) electrons. The molecule has 0 bridgehead atoms. The number of esters is 1. The van der Waals surface area contributed by atoms with Gasteiger partial charge in [0.25, 0.3) is 5.56 Å². The Hall–Kier alpha value is -3.37. The van der Waals surface area contributed by atoms with Crippen molar-refractivity contribution in [2.75, 3.05) is 37.8 Å². The molecule has 1 saturated heterocycles. The minimum absolute atomic E-state index is 0.00499. The van der Waals surface area contributed by atoms with Gasteiger partial charge in [-0.15, -0.1) is 0 Å². The van der Waals surface area contributed by atoms with Crippen LogP contribution in [0, 0.1) is 0 Å². The van der Waals surface area contributed by atoms with E-state index in [0.29, 0.717) is 22.8 Å². The minimum atomic E-state index is -0.610. The molecule has 1 aliphatic carbocycles. The van der Waals surface area contributed by atoms with Crippen molar-refractivity contribution < 1.29 is 9.53 Å². The van der Waals surface area contributed by atoms with E-state index in [1.54, 1.807) is 30.0 Å². The Morgan fingerprint density at radius 2 is 2.00 bits per heavy atom. The minimum Gasteiger partial charge on any atom is -0.462 e. The fourth-order valence-corrected chi connectivity index (χ4v) is 4.78.